The number of carboxylic acid groups (broad SMARTS) is 1. The molecule has 3 aliphatic carbocycles. The summed E-state index contributed by atoms with van der Waals surface area (Å²) in [5.74, 6) is -0.744. The Morgan fingerprint density at radius 3 is 2.39 bits per heavy atom. The molecule has 36 heavy (non-hydrogen) atoms. The molecule has 0 unspecified atom stereocenters. The molecule has 6 nitrogen and oxygen atoms in total. The van der Waals surface area contributed by atoms with Crippen molar-refractivity contribution in [2.24, 2.45) is 11.8 Å². The molecule has 2 N–H and O–H groups in total. The van der Waals surface area contributed by atoms with Gasteiger partial charge in [0, 0.05) is 18.2 Å². The van der Waals surface area contributed by atoms with Crippen molar-refractivity contribution in [3.63, 3.8) is 0 Å². The Kier molecular flexibility index (Phi) is 6.50. The number of carbonyl (C=O) groups is 2. The summed E-state index contributed by atoms with van der Waals surface area (Å²) in [6.45, 7) is 9.95. The lowest BCUT2D eigenvalue weighted by Crippen LogP contribution is -2.46. The lowest BCUT2D eigenvalue weighted by molar-refractivity contribution is -0.145. The molecule has 3 saturated carbocycles. The monoisotopic (exact) mass is 491 g/mol. The molecule has 3 fully saturated rings. The number of nitrogens with zero attached hydrogens (tertiary/aromatic N) is 2. The van der Waals surface area contributed by atoms with E-state index in [-0.39, 0.29) is 28.7 Å². The minimum Gasteiger partial charge on any atom is -0.481 e. The average molecular weight is 492 g/mol. The van der Waals surface area contributed by atoms with Crippen molar-refractivity contribution >= 4 is 11.9 Å². The van der Waals surface area contributed by atoms with Crippen molar-refractivity contribution in [3.05, 3.63) is 41.1 Å². The van der Waals surface area contributed by atoms with Crippen LogP contribution in [0.25, 0.3) is 11.3 Å². The number of rotatable bonds is 7. The highest BCUT2D eigenvalue weighted by Gasteiger charge is 2.40. The first-order chi connectivity index (χ1) is 17.0. The molecule has 0 spiro atoms. The van der Waals surface area contributed by atoms with E-state index in [1.165, 1.54) is 56.1 Å². The standard InChI is InChI=1S/C30H41N3O3/c1-29(2,3)22-12-20(13-23(16-22)30(4)10-11-30)26-17-25(27(34)31-24-14-21(15-24)28(35)36)32-33(26)18-19-8-6-5-7-9-19/h12-13,16-17,19,21,24H,5-11,14-15,18H2,1-4H3,(H,31,34)(H,35,36). The second-order valence-corrected chi connectivity index (χ2v) is 12.9. The number of hydrogen-bond acceptors (Lipinski definition) is 3. The third-order valence-corrected chi connectivity index (χ3v) is 8.78. The van der Waals surface area contributed by atoms with Crippen LogP contribution >= 0.6 is 0 Å². The van der Waals surface area contributed by atoms with E-state index in [0.717, 1.165) is 17.8 Å². The summed E-state index contributed by atoms with van der Waals surface area (Å²) in [5.41, 5.74) is 5.55. The van der Waals surface area contributed by atoms with Gasteiger partial charge in [0.05, 0.1) is 11.6 Å². The summed E-state index contributed by atoms with van der Waals surface area (Å²) in [6.07, 6.45) is 9.69. The van der Waals surface area contributed by atoms with Gasteiger partial charge in [-0.05, 0) is 84.6 Å². The van der Waals surface area contributed by atoms with Crippen molar-refractivity contribution in [2.75, 3.05) is 0 Å². The number of aliphatic carboxylic acids is 1. The highest BCUT2D eigenvalue weighted by Crippen LogP contribution is 2.49. The topological polar surface area (TPSA) is 84.2 Å². The van der Waals surface area contributed by atoms with Gasteiger partial charge in [0.1, 0.15) is 0 Å². The van der Waals surface area contributed by atoms with Crippen LogP contribution in [0, 0.1) is 11.8 Å². The molecule has 0 saturated heterocycles. The molecule has 0 aliphatic heterocycles. The van der Waals surface area contributed by atoms with E-state index in [1.807, 2.05) is 6.07 Å². The van der Waals surface area contributed by atoms with Gasteiger partial charge in [0.25, 0.3) is 5.91 Å². The molecule has 1 aromatic carbocycles. The Morgan fingerprint density at radius 2 is 1.78 bits per heavy atom. The van der Waals surface area contributed by atoms with Crippen LogP contribution in [0.1, 0.15) is 107 Å². The van der Waals surface area contributed by atoms with Crippen LogP contribution in [0.4, 0.5) is 0 Å². The summed E-state index contributed by atoms with van der Waals surface area (Å²) in [5, 5.41) is 17.0. The van der Waals surface area contributed by atoms with E-state index < -0.39 is 5.97 Å². The van der Waals surface area contributed by atoms with Gasteiger partial charge in [-0.2, -0.15) is 5.10 Å². The van der Waals surface area contributed by atoms with Crippen molar-refractivity contribution in [3.8, 4) is 11.3 Å². The van der Waals surface area contributed by atoms with Gasteiger partial charge in [-0.3, -0.25) is 14.3 Å². The van der Waals surface area contributed by atoms with E-state index in [0.29, 0.717) is 24.5 Å². The number of carboxylic acids is 1. The summed E-state index contributed by atoms with van der Waals surface area (Å²) in [4.78, 5) is 24.3. The van der Waals surface area contributed by atoms with E-state index in [2.05, 4.69) is 55.9 Å². The molecule has 6 heteroatoms. The highest BCUT2D eigenvalue weighted by molar-refractivity contribution is 5.94. The molecule has 0 atom stereocenters. The van der Waals surface area contributed by atoms with Gasteiger partial charge in [0.2, 0.25) is 0 Å². The lowest BCUT2D eigenvalue weighted by Gasteiger charge is -2.32. The molecule has 194 valence electrons. The lowest BCUT2D eigenvalue weighted by atomic mass is 9.80. The molecular weight excluding hydrogens is 450 g/mol. The van der Waals surface area contributed by atoms with Gasteiger partial charge in [0.15, 0.2) is 5.69 Å². The van der Waals surface area contributed by atoms with Crippen LogP contribution in [0.3, 0.4) is 0 Å². The maximum Gasteiger partial charge on any atom is 0.306 e. The third kappa shape index (κ3) is 5.23. The van der Waals surface area contributed by atoms with E-state index in [1.54, 1.807) is 0 Å². The largest absolute Gasteiger partial charge is 0.481 e. The van der Waals surface area contributed by atoms with Crippen LogP contribution < -0.4 is 5.32 Å². The minimum absolute atomic E-state index is 0.0232. The molecule has 5 rings (SSSR count). The second kappa shape index (κ2) is 9.35. The predicted octanol–water partition coefficient (Wildman–Crippen LogP) is 6.07. The van der Waals surface area contributed by atoms with Crippen LogP contribution in [0.5, 0.6) is 0 Å². The molecule has 0 radical (unpaired) electrons. The zero-order chi connectivity index (χ0) is 25.7. The van der Waals surface area contributed by atoms with Crippen LogP contribution in [0.15, 0.2) is 24.3 Å². The fourth-order valence-electron chi connectivity index (χ4n) is 5.74. The molecule has 2 aromatic rings. The fourth-order valence-corrected chi connectivity index (χ4v) is 5.74. The van der Waals surface area contributed by atoms with E-state index in [4.69, 9.17) is 10.2 Å². The summed E-state index contributed by atoms with van der Waals surface area (Å²) >= 11 is 0. The molecule has 1 heterocycles. The first-order valence-corrected chi connectivity index (χ1v) is 13.8. The normalized spacial score (nSPS) is 23.7. The van der Waals surface area contributed by atoms with Crippen molar-refractivity contribution in [1.29, 1.82) is 0 Å². The van der Waals surface area contributed by atoms with Gasteiger partial charge < -0.3 is 10.4 Å². The maximum absolute atomic E-state index is 13.1. The van der Waals surface area contributed by atoms with E-state index in [9.17, 15) is 9.59 Å². The number of nitrogens with one attached hydrogen (secondary N) is 1. The third-order valence-electron chi connectivity index (χ3n) is 8.78. The summed E-state index contributed by atoms with van der Waals surface area (Å²) in [6, 6.07) is 8.85. The predicted molar refractivity (Wildman–Crippen MR) is 141 cm³/mol. The summed E-state index contributed by atoms with van der Waals surface area (Å²) < 4.78 is 2.08. The zero-order valence-electron chi connectivity index (χ0n) is 22.3. The summed E-state index contributed by atoms with van der Waals surface area (Å²) in [7, 11) is 0. The number of benzene rings is 1. The second-order valence-electron chi connectivity index (χ2n) is 12.9. The highest BCUT2D eigenvalue weighted by atomic mass is 16.4. The van der Waals surface area contributed by atoms with Crippen molar-refractivity contribution in [1.82, 2.24) is 15.1 Å². The Bertz CT molecular complexity index is 1120. The SMILES string of the molecule is CC(C)(C)c1cc(-c2cc(C(=O)NC3CC(C(=O)O)C3)nn2CC2CCCCC2)cc(C2(C)CC2)c1. The number of aromatic nitrogens is 2. The quantitative estimate of drug-likeness (QED) is 0.492. The molecule has 0 bridgehead atoms. The fraction of sp³-hybridized carbons (Fsp3) is 0.633. The zero-order valence-corrected chi connectivity index (χ0v) is 22.3. The number of amides is 1. The Labute approximate surface area is 214 Å². The van der Waals surface area contributed by atoms with E-state index >= 15 is 0 Å². The van der Waals surface area contributed by atoms with Gasteiger partial charge >= 0.3 is 5.97 Å². The van der Waals surface area contributed by atoms with Gasteiger partial charge in [-0.1, -0.05) is 53.0 Å². The number of hydrogen-bond donors (Lipinski definition) is 2. The first kappa shape index (κ1) is 25.0. The first-order valence-electron chi connectivity index (χ1n) is 13.8. The Balaban J connectivity index is 1.48. The molecule has 1 aromatic heterocycles. The molecular formula is C30H41N3O3. The van der Waals surface area contributed by atoms with Crippen molar-refractivity contribution in [2.45, 2.75) is 109 Å². The van der Waals surface area contributed by atoms with Crippen LogP contribution in [-0.2, 0) is 22.2 Å². The van der Waals surface area contributed by atoms with Gasteiger partial charge in [-0.25, -0.2) is 0 Å². The van der Waals surface area contributed by atoms with Gasteiger partial charge in [-0.15, -0.1) is 0 Å². The average Bonchev–Trinajstić information content (AvgIpc) is 3.42. The number of carbonyl (C=O) groups excluding carboxylic acids is 1. The van der Waals surface area contributed by atoms with Crippen LogP contribution in [0.2, 0.25) is 0 Å². The smallest absolute Gasteiger partial charge is 0.306 e. The van der Waals surface area contributed by atoms with Crippen molar-refractivity contribution < 1.29 is 14.7 Å². The minimum atomic E-state index is -0.779. The Hall–Kier alpha value is -2.63. The molecule has 1 amide bonds. The maximum atomic E-state index is 13.1. The molecule has 3 aliphatic rings. The Morgan fingerprint density at radius 1 is 1.08 bits per heavy atom. The van der Waals surface area contributed by atoms with Crippen LogP contribution in [-0.4, -0.2) is 32.8 Å².